The maximum atomic E-state index is 11.3. The molecule has 1 aromatic rings. The maximum Gasteiger partial charge on any atom is 0.221 e. The minimum atomic E-state index is -0.135. The molecule has 0 atom stereocenters. The molecule has 0 spiro atoms. The molecule has 1 heterocycles. The molecule has 1 aromatic carbocycles. The number of hydrogen-bond donors (Lipinski definition) is 2. The van der Waals surface area contributed by atoms with Crippen molar-refractivity contribution in [3.8, 4) is 0 Å². The van der Waals surface area contributed by atoms with E-state index in [9.17, 15) is 4.79 Å². The van der Waals surface area contributed by atoms with E-state index in [2.05, 4.69) is 26.3 Å². The van der Waals surface area contributed by atoms with E-state index >= 15 is 0 Å². The van der Waals surface area contributed by atoms with Crippen molar-refractivity contribution in [1.82, 2.24) is 5.32 Å². The average Bonchev–Trinajstić information content (AvgIpc) is 2.41. The number of amides is 1. The summed E-state index contributed by atoms with van der Waals surface area (Å²) in [5.74, 6) is 5.89. The number of anilines is 1. The van der Waals surface area contributed by atoms with E-state index in [0.717, 1.165) is 21.4 Å². The fourth-order valence-corrected chi connectivity index (χ4v) is 2.77. The van der Waals surface area contributed by atoms with Crippen LogP contribution in [0.2, 0.25) is 5.02 Å². The second-order valence-corrected chi connectivity index (χ2v) is 5.63. The van der Waals surface area contributed by atoms with Gasteiger partial charge in [0.15, 0.2) is 0 Å². The highest BCUT2D eigenvalue weighted by atomic mass is 79.9. The van der Waals surface area contributed by atoms with Crippen molar-refractivity contribution < 1.29 is 4.79 Å². The lowest BCUT2D eigenvalue weighted by atomic mass is 10.1. The second-order valence-electron chi connectivity index (χ2n) is 4.40. The Labute approximate surface area is 130 Å². The van der Waals surface area contributed by atoms with Gasteiger partial charge in [0.1, 0.15) is 5.84 Å². The number of rotatable bonds is 1. The zero-order valence-corrected chi connectivity index (χ0v) is 13.4. The molecule has 2 rings (SSSR count). The fraction of sp³-hybridized carbons (Fsp3) is 0.231. The van der Waals surface area contributed by atoms with Gasteiger partial charge in [-0.3, -0.25) is 4.79 Å². The predicted octanol–water partition coefficient (Wildman–Crippen LogP) is 2.65. The Kier molecular flexibility index (Phi) is 4.35. The number of carbonyl (C=O) groups excluding carboxylic acids is 1. The third-order valence-electron chi connectivity index (χ3n) is 2.97. The normalized spacial score (nSPS) is 15.2. The summed E-state index contributed by atoms with van der Waals surface area (Å²) in [6.07, 6.45) is 0. The van der Waals surface area contributed by atoms with Gasteiger partial charge in [0.05, 0.1) is 17.9 Å². The second kappa shape index (κ2) is 5.85. The van der Waals surface area contributed by atoms with Crippen LogP contribution in [0.1, 0.15) is 19.4 Å². The van der Waals surface area contributed by atoms with Crippen LogP contribution < -0.4 is 16.1 Å². The van der Waals surface area contributed by atoms with Crippen molar-refractivity contribution in [2.45, 2.75) is 13.8 Å². The largest absolute Gasteiger partial charge is 0.327 e. The van der Waals surface area contributed by atoms with Gasteiger partial charge in [-0.2, -0.15) is 5.10 Å². The number of nitrogens with one attached hydrogen (secondary N) is 1. The van der Waals surface area contributed by atoms with E-state index in [1.54, 1.807) is 6.07 Å². The van der Waals surface area contributed by atoms with Crippen LogP contribution in [0.3, 0.4) is 0 Å². The first-order chi connectivity index (χ1) is 9.43. The zero-order valence-electron chi connectivity index (χ0n) is 11.1. The molecule has 0 fully saturated rings. The monoisotopic (exact) mass is 356 g/mol. The van der Waals surface area contributed by atoms with E-state index in [1.807, 2.05) is 24.0 Å². The quantitative estimate of drug-likeness (QED) is 0.351. The lowest BCUT2D eigenvalue weighted by Gasteiger charge is -2.32. The summed E-state index contributed by atoms with van der Waals surface area (Å²) >= 11 is 9.58. The molecule has 1 aliphatic heterocycles. The smallest absolute Gasteiger partial charge is 0.221 e. The van der Waals surface area contributed by atoms with Crippen molar-refractivity contribution in [1.29, 1.82) is 0 Å². The highest BCUT2D eigenvalue weighted by Crippen LogP contribution is 2.39. The van der Waals surface area contributed by atoms with Crippen molar-refractivity contribution in [3.63, 3.8) is 0 Å². The van der Waals surface area contributed by atoms with Gasteiger partial charge in [-0.1, -0.05) is 11.6 Å². The minimum absolute atomic E-state index is 0.135. The molecule has 106 valence electrons. The Morgan fingerprint density at radius 1 is 1.50 bits per heavy atom. The number of hydrazone groups is 1. The Hall–Kier alpha value is -1.53. The van der Waals surface area contributed by atoms with Crippen LogP contribution in [-0.4, -0.2) is 18.3 Å². The molecular formula is C13H14BrClN4O. The molecule has 20 heavy (non-hydrogen) atoms. The summed E-state index contributed by atoms with van der Waals surface area (Å²) in [4.78, 5) is 13.2. The van der Waals surface area contributed by atoms with Gasteiger partial charge in [0.2, 0.25) is 5.91 Å². The standard InChI is InChI=1S/C13H14BrClN4O/c1-7(18-16)19-6-11(17-8(2)20)13(14)10-5-9(15)3-4-12(10)19/h3-5H,6,16H2,1-2H3,(H,17,20)/b18-7-. The summed E-state index contributed by atoms with van der Waals surface area (Å²) in [5.41, 5.74) is 2.56. The van der Waals surface area contributed by atoms with E-state index in [0.29, 0.717) is 17.4 Å². The Morgan fingerprint density at radius 2 is 2.20 bits per heavy atom. The van der Waals surface area contributed by atoms with Gasteiger partial charge in [-0.25, -0.2) is 0 Å². The lowest BCUT2D eigenvalue weighted by molar-refractivity contribution is -0.118. The third-order valence-corrected chi connectivity index (χ3v) is 4.11. The van der Waals surface area contributed by atoms with Gasteiger partial charge >= 0.3 is 0 Å². The minimum Gasteiger partial charge on any atom is -0.327 e. The maximum absolute atomic E-state index is 11.3. The molecule has 0 saturated heterocycles. The van der Waals surface area contributed by atoms with E-state index in [1.165, 1.54) is 6.92 Å². The molecule has 0 bridgehead atoms. The van der Waals surface area contributed by atoms with Crippen LogP contribution in [-0.2, 0) is 4.79 Å². The van der Waals surface area contributed by atoms with Gasteiger partial charge in [-0.05, 0) is 41.1 Å². The molecule has 1 aliphatic rings. The van der Waals surface area contributed by atoms with E-state index in [4.69, 9.17) is 17.4 Å². The fourth-order valence-electron chi connectivity index (χ4n) is 2.06. The number of fused-ring (bicyclic) bond motifs is 1. The van der Waals surface area contributed by atoms with Gasteiger partial charge < -0.3 is 16.1 Å². The molecule has 7 heteroatoms. The van der Waals surface area contributed by atoms with Gasteiger partial charge in [0, 0.05) is 22.0 Å². The van der Waals surface area contributed by atoms with E-state index < -0.39 is 0 Å². The molecule has 0 aliphatic carbocycles. The molecule has 1 amide bonds. The Morgan fingerprint density at radius 3 is 2.80 bits per heavy atom. The summed E-state index contributed by atoms with van der Waals surface area (Å²) in [6.45, 7) is 3.75. The number of carbonyl (C=O) groups is 1. The lowest BCUT2D eigenvalue weighted by Crippen LogP contribution is -2.39. The molecule has 3 N–H and O–H groups in total. The first kappa shape index (κ1) is 14.9. The number of benzene rings is 1. The molecule has 0 aromatic heterocycles. The Bertz CT molecular complexity index is 627. The van der Waals surface area contributed by atoms with Crippen LogP contribution in [0, 0.1) is 0 Å². The molecular weight excluding hydrogens is 344 g/mol. The molecule has 0 unspecified atom stereocenters. The predicted molar refractivity (Wildman–Crippen MR) is 85.8 cm³/mol. The van der Waals surface area contributed by atoms with Gasteiger partial charge in [-0.15, -0.1) is 0 Å². The van der Waals surface area contributed by atoms with E-state index in [-0.39, 0.29) is 5.91 Å². The number of amidine groups is 1. The van der Waals surface area contributed by atoms with Crippen LogP contribution in [0.25, 0.3) is 4.48 Å². The van der Waals surface area contributed by atoms with Crippen molar-refractivity contribution in [2.24, 2.45) is 10.9 Å². The van der Waals surface area contributed by atoms with Crippen LogP contribution >= 0.6 is 27.5 Å². The number of nitrogens with zero attached hydrogens (tertiary/aromatic N) is 2. The highest BCUT2D eigenvalue weighted by Gasteiger charge is 2.25. The number of nitrogens with two attached hydrogens (primary N) is 1. The van der Waals surface area contributed by atoms with Crippen molar-refractivity contribution in [3.05, 3.63) is 34.5 Å². The summed E-state index contributed by atoms with van der Waals surface area (Å²) in [5, 5.41) is 7.16. The molecule has 0 radical (unpaired) electrons. The SMILES string of the molecule is CC(=O)NC1=C(Br)c2cc(Cl)ccc2N(/C(C)=N\N)C1. The van der Waals surface area contributed by atoms with Gasteiger partial charge in [0.25, 0.3) is 0 Å². The summed E-state index contributed by atoms with van der Waals surface area (Å²) < 4.78 is 0.811. The van der Waals surface area contributed by atoms with Crippen LogP contribution in [0.5, 0.6) is 0 Å². The Balaban J connectivity index is 2.58. The first-order valence-corrected chi connectivity index (χ1v) is 7.09. The number of hydrogen-bond acceptors (Lipinski definition) is 3. The topological polar surface area (TPSA) is 70.7 Å². The summed E-state index contributed by atoms with van der Waals surface area (Å²) in [7, 11) is 0. The third kappa shape index (κ3) is 2.81. The molecule has 0 saturated carbocycles. The average molecular weight is 358 g/mol. The van der Waals surface area contributed by atoms with Crippen LogP contribution in [0.4, 0.5) is 5.69 Å². The highest BCUT2D eigenvalue weighted by molar-refractivity contribution is 9.15. The first-order valence-electron chi connectivity index (χ1n) is 5.92. The van der Waals surface area contributed by atoms with Crippen LogP contribution in [0.15, 0.2) is 29.0 Å². The zero-order chi connectivity index (χ0) is 14.9. The number of halogens is 2. The summed E-state index contributed by atoms with van der Waals surface area (Å²) in [6, 6.07) is 5.54. The van der Waals surface area contributed by atoms with Crippen molar-refractivity contribution >= 4 is 49.4 Å². The van der Waals surface area contributed by atoms with Crippen molar-refractivity contribution in [2.75, 3.05) is 11.4 Å². The molecule has 5 nitrogen and oxygen atoms in total.